The van der Waals surface area contributed by atoms with Gasteiger partial charge in [0, 0.05) is 45.2 Å². The Morgan fingerprint density at radius 3 is 2.44 bits per heavy atom. The fourth-order valence-corrected chi connectivity index (χ4v) is 3.55. The topological polar surface area (TPSA) is 131 Å². The summed E-state index contributed by atoms with van der Waals surface area (Å²) in [5.41, 5.74) is 13.7. The molecule has 0 bridgehead atoms. The van der Waals surface area contributed by atoms with Crippen molar-refractivity contribution in [2.75, 3.05) is 13.1 Å². The van der Waals surface area contributed by atoms with Gasteiger partial charge in [-0.1, -0.05) is 29.4 Å². The summed E-state index contributed by atoms with van der Waals surface area (Å²) in [5.74, 6) is -0.857. The van der Waals surface area contributed by atoms with Crippen molar-refractivity contribution in [3.05, 3.63) is 35.4 Å². The predicted octanol–water partition coefficient (Wildman–Crippen LogP) is 1.34. The molecule has 0 aliphatic carbocycles. The van der Waals surface area contributed by atoms with Crippen LogP contribution in [0.4, 0.5) is 0 Å². The third-order valence-electron chi connectivity index (χ3n) is 5.28. The highest BCUT2D eigenvalue weighted by Crippen LogP contribution is 2.36. The van der Waals surface area contributed by atoms with Gasteiger partial charge in [0.15, 0.2) is 0 Å². The minimum atomic E-state index is -0.870. The van der Waals surface area contributed by atoms with Crippen LogP contribution in [0.1, 0.15) is 55.8 Å². The first-order valence-corrected chi connectivity index (χ1v) is 9.25. The standard InChI is InChI=1S/C19H26N4O4/c20-18(21)14-6-4-13(5-7-14)15-12-19(27-22-15)8-10-23(11-9-19)16(24)2-1-3-17(25)26/h4-7,18H,1-3,8-12,20-21H2,(H,25,26). The van der Waals surface area contributed by atoms with Crippen LogP contribution in [-0.2, 0) is 14.4 Å². The molecule has 0 saturated carbocycles. The summed E-state index contributed by atoms with van der Waals surface area (Å²) in [4.78, 5) is 30.3. The van der Waals surface area contributed by atoms with Crippen molar-refractivity contribution in [1.82, 2.24) is 4.90 Å². The maximum absolute atomic E-state index is 12.2. The molecule has 1 saturated heterocycles. The Kier molecular flexibility index (Phi) is 5.76. The van der Waals surface area contributed by atoms with E-state index in [1.807, 2.05) is 24.3 Å². The zero-order chi connectivity index (χ0) is 19.4. The largest absolute Gasteiger partial charge is 0.481 e. The highest BCUT2D eigenvalue weighted by atomic mass is 16.7. The Hall–Kier alpha value is -2.45. The van der Waals surface area contributed by atoms with Crippen LogP contribution in [0.15, 0.2) is 29.4 Å². The Bertz CT molecular complexity index is 722. The van der Waals surface area contributed by atoms with Crippen LogP contribution >= 0.6 is 0 Å². The SMILES string of the molecule is NC(N)c1ccc(C2=NOC3(CCN(C(=O)CCCC(=O)O)CC3)C2)cc1. The molecule has 2 aliphatic heterocycles. The van der Waals surface area contributed by atoms with E-state index in [2.05, 4.69) is 5.16 Å². The highest BCUT2D eigenvalue weighted by Gasteiger charge is 2.43. The van der Waals surface area contributed by atoms with Crippen LogP contribution < -0.4 is 11.5 Å². The first-order valence-electron chi connectivity index (χ1n) is 9.25. The van der Waals surface area contributed by atoms with Crippen molar-refractivity contribution in [1.29, 1.82) is 0 Å². The number of oxime groups is 1. The molecule has 0 aromatic heterocycles. The van der Waals surface area contributed by atoms with Gasteiger partial charge < -0.3 is 26.3 Å². The van der Waals surface area contributed by atoms with Crippen LogP contribution in [-0.4, -0.2) is 46.3 Å². The third kappa shape index (κ3) is 4.64. The molecule has 1 amide bonds. The smallest absolute Gasteiger partial charge is 0.303 e. The summed E-state index contributed by atoms with van der Waals surface area (Å²) in [6.45, 7) is 1.21. The minimum Gasteiger partial charge on any atom is -0.481 e. The normalized spacial score (nSPS) is 18.5. The summed E-state index contributed by atoms with van der Waals surface area (Å²) in [6, 6.07) is 7.69. The number of carboxylic acid groups (broad SMARTS) is 1. The van der Waals surface area contributed by atoms with E-state index in [0.717, 1.165) is 29.7 Å². The van der Waals surface area contributed by atoms with E-state index in [0.29, 0.717) is 25.9 Å². The van der Waals surface area contributed by atoms with Crippen molar-refractivity contribution in [2.45, 2.75) is 50.3 Å². The predicted molar refractivity (Wildman–Crippen MR) is 99.8 cm³/mol. The lowest BCUT2D eigenvalue weighted by atomic mass is 9.85. The number of nitrogens with two attached hydrogens (primary N) is 2. The van der Waals surface area contributed by atoms with E-state index in [1.165, 1.54) is 0 Å². The van der Waals surface area contributed by atoms with Crippen LogP contribution in [0, 0.1) is 0 Å². The number of carbonyl (C=O) groups excluding carboxylic acids is 1. The van der Waals surface area contributed by atoms with E-state index < -0.39 is 12.1 Å². The molecule has 3 rings (SSSR count). The monoisotopic (exact) mass is 374 g/mol. The Balaban J connectivity index is 1.51. The van der Waals surface area contributed by atoms with Gasteiger partial charge in [-0.3, -0.25) is 9.59 Å². The molecular formula is C19H26N4O4. The first kappa shape index (κ1) is 19.3. The number of hydrogen-bond acceptors (Lipinski definition) is 6. The third-order valence-corrected chi connectivity index (χ3v) is 5.28. The second-order valence-electron chi connectivity index (χ2n) is 7.26. The van der Waals surface area contributed by atoms with Gasteiger partial charge in [-0.2, -0.15) is 0 Å². The van der Waals surface area contributed by atoms with E-state index in [-0.39, 0.29) is 24.3 Å². The van der Waals surface area contributed by atoms with E-state index in [1.54, 1.807) is 4.90 Å². The Labute approximate surface area is 158 Å². The summed E-state index contributed by atoms with van der Waals surface area (Å²) in [7, 11) is 0. The second-order valence-corrected chi connectivity index (χ2v) is 7.26. The molecule has 0 radical (unpaired) electrons. The number of hydrogen-bond donors (Lipinski definition) is 3. The van der Waals surface area contributed by atoms with Crippen molar-refractivity contribution in [2.24, 2.45) is 16.6 Å². The van der Waals surface area contributed by atoms with Crippen LogP contribution in [0.2, 0.25) is 0 Å². The lowest BCUT2D eigenvalue weighted by Gasteiger charge is -2.37. The molecule has 1 aromatic carbocycles. The number of nitrogens with zero attached hydrogens (tertiary/aromatic N) is 2. The maximum atomic E-state index is 12.2. The van der Waals surface area contributed by atoms with Gasteiger partial charge >= 0.3 is 5.97 Å². The average molecular weight is 374 g/mol. The number of carbonyl (C=O) groups is 2. The molecular weight excluding hydrogens is 348 g/mol. The van der Waals surface area contributed by atoms with Crippen LogP contribution in [0.5, 0.6) is 0 Å². The van der Waals surface area contributed by atoms with Gasteiger partial charge in [-0.15, -0.1) is 0 Å². The van der Waals surface area contributed by atoms with Gasteiger partial charge in [-0.05, 0) is 17.5 Å². The summed E-state index contributed by atoms with van der Waals surface area (Å²) in [6.07, 6.45) is 2.33. The molecule has 1 fully saturated rings. The molecule has 0 atom stereocenters. The maximum Gasteiger partial charge on any atom is 0.303 e. The molecule has 2 aliphatic rings. The Morgan fingerprint density at radius 2 is 1.85 bits per heavy atom. The molecule has 2 heterocycles. The number of likely N-dealkylation sites (tertiary alicyclic amines) is 1. The number of amides is 1. The fourth-order valence-electron chi connectivity index (χ4n) is 3.55. The quantitative estimate of drug-likeness (QED) is 0.644. The molecule has 27 heavy (non-hydrogen) atoms. The molecule has 146 valence electrons. The van der Waals surface area contributed by atoms with E-state index >= 15 is 0 Å². The average Bonchev–Trinajstić information content (AvgIpc) is 3.05. The zero-order valence-corrected chi connectivity index (χ0v) is 15.3. The number of aliphatic carboxylic acids is 1. The van der Waals surface area contributed by atoms with Crippen molar-refractivity contribution < 1.29 is 19.5 Å². The molecule has 0 unspecified atom stereocenters. The highest BCUT2D eigenvalue weighted by molar-refractivity contribution is 6.01. The van der Waals surface area contributed by atoms with Crippen molar-refractivity contribution >= 4 is 17.6 Å². The van der Waals surface area contributed by atoms with Crippen molar-refractivity contribution in [3.8, 4) is 0 Å². The molecule has 8 nitrogen and oxygen atoms in total. The molecule has 8 heteroatoms. The van der Waals surface area contributed by atoms with Gasteiger partial charge in [0.2, 0.25) is 5.91 Å². The van der Waals surface area contributed by atoms with E-state index in [9.17, 15) is 9.59 Å². The summed E-state index contributed by atoms with van der Waals surface area (Å²) in [5, 5.41) is 13.0. The lowest BCUT2D eigenvalue weighted by molar-refractivity contribution is -0.138. The Morgan fingerprint density at radius 1 is 1.19 bits per heavy atom. The van der Waals surface area contributed by atoms with Crippen LogP contribution in [0.25, 0.3) is 0 Å². The summed E-state index contributed by atoms with van der Waals surface area (Å²) < 4.78 is 0. The molecule has 5 N–H and O–H groups in total. The molecule has 1 spiro atoms. The van der Waals surface area contributed by atoms with Gasteiger partial charge in [0.1, 0.15) is 5.60 Å². The number of benzene rings is 1. The number of piperidine rings is 1. The zero-order valence-electron chi connectivity index (χ0n) is 15.3. The second kappa shape index (κ2) is 8.06. The van der Waals surface area contributed by atoms with Gasteiger partial charge in [-0.25, -0.2) is 0 Å². The fraction of sp³-hybridized carbons (Fsp3) is 0.526. The number of rotatable bonds is 6. The first-order chi connectivity index (χ1) is 12.9. The minimum absolute atomic E-state index is 0.0129. The van der Waals surface area contributed by atoms with Crippen LogP contribution in [0.3, 0.4) is 0 Å². The summed E-state index contributed by atoms with van der Waals surface area (Å²) >= 11 is 0. The van der Waals surface area contributed by atoms with E-state index in [4.69, 9.17) is 21.4 Å². The number of carboxylic acids is 1. The van der Waals surface area contributed by atoms with Gasteiger partial charge in [0.05, 0.1) is 11.9 Å². The van der Waals surface area contributed by atoms with Crippen molar-refractivity contribution in [3.63, 3.8) is 0 Å². The molecule has 1 aromatic rings. The van der Waals surface area contributed by atoms with Gasteiger partial charge in [0.25, 0.3) is 0 Å². The lowest BCUT2D eigenvalue weighted by Crippen LogP contribution is -2.46.